The van der Waals surface area contributed by atoms with Crippen LogP contribution in [-0.4, -0.2) is 23.8 Å². The molecule has 5 heteroatoms. The maximum atomic E-state index is 12.8. The summed E-state index contributed by atoms with van der Waals surface area (Å²) >= 11 is 0. The second kappa shape index (κ2) is 4.75. The fourth-order valence-corrected chi connectivity index (χ4v) is 4.33. The zero-order valence-corrected chi connectivity index (χ0v) is 12.5. The van der Waals surface area contributed by atoms with Crippen LogP contribution in [0.1, 0.15) is 24.2 Å². The van der Waals surface area contributed by atoms with Gasteiger partial charge in [-0.05, 0) is 38.1 Å². The summed E-state index contributed by atoms with van der Waals surface area (Å²) in [6, 6.07) is 10.9. The van der Waals surface area contributed by atoms with Gasteiger partial charge in [-0.1, -0.05) is 17.7 Å². The summed E-state index contributed by atoms with van der Waals surface area (Å²) in [4.78, 5) is 0.370. The number of nitrogens with zero attached hydrogens (tertiary/aromatic N) is 2. The lowest BCUT2D eigenvalue weighted by Crippen LogP contribution is -2.40. The molecule has 0 aliphatic carbocycles. The van der Waals surface area contributed by atoms with Crippen LogP contribution in [0.2, 0.25) is 0 Å². The van der Waals surface area contributed by atoms with Crippen molar-refractivity contribution in [1.82, 2.24) is 8.87 Å². The zero-order valence-electron chi connectivity index (χ0n) is 11.7. The van der Waals surface area contributed by atoms with Gasteiger partial charge in [-0.3, -0.25) is 0 Å². The lowest BCUT2D eigenvalue weighted by atomic mass is 10.2. The smallest absolute Gasteiger partial charge is 0.243 e. The predicted molar refractivity (Wildman–Crippen MR) is 77.9 cm³/mol. The van der Waals surface area contributed by atoms with Gasteiger partial charge in [0.2, 0.25) is 10.0 Å². The number of fused-ring (bicyclic) bond motifs is 1. The summed E-state index contributed by atoms with van der Waals surface area (Å²) < 4.78 is 29.2. The standard InChI is InChI=1S/C15H18N2O2S/c1-12-5-7-14(8-6-12)20(18,19)17-11-10-16-9-3-4-15(16)13(17)2/h3-9,13H,10-11H2,1-2H3. The number of hydrogen-bond donors (Lipinski definition) is 0. The summed E-state index contributed by atoms with van der Waals surface area (Å²) in [7, 11) is -3.43. The van der Waals surface area contributed by atoms with Crippen molar-refractivity contribution in [2.24, 2.45) is 0 Å². The molecule has 0 radical (unpaired) electrons. The Kier molecular flexibility index (Phi) is 3.18. The molecule has 1 aromatic carbocycles. The Morgan fingerprint density at radius 1 is 1.10 bits per heavy atom. The lowest BCUT2D eigenvalue weighted by molar-refractivity contribution is 0.282. The largest absolute Gasteiger partial charge is 0.349 e. The van der Waals surface area contributed by atoms with Crippen molar-refractivity contribution in [2.45, 2.75) is 31.3 Å². The van der Waals surface area contributed by atoms with E-state index in [-0.39, 0.29) is 6.04 Å². The Bertz CT molecular complexity index is 717. The third kappa shape index (κ3) is 2.07. The highest BCUT2D eigenvalue weighted by atomic mass is 32.2. The zero-order chi connectivity index (χ0) is 14.3. The molecule has 0 N–H and O–H groups in total. The highest BCUT2D eigenvalue weighted by Crippen LogP contribution is 2.30. The molecule has 2 aromatic rings. The maximum Gasteiger partial charge on any atom is 0.243 e. The van der Waals surface area contributed by atoms with E-state index in [9.17, 15) is 8.42 Å². The minimum Gasteiger partial charge on any atom is -0.349 e. The molecule has 0 saturated carbocycles. The van der Waals surface area contributed by atoms with E-state index in [1.54, 1.807) is 16.4 Å². The normalized spacial score (nSPS) is 19.8. The molecule has 106 valence electrons. The minimum atomic E-state index is -3.43. The summed E-state index contributed by atoms with van der Waals surface area (Å²) in [5, 5.41) is 0. The molecule has 4 nitrogen and oxygen atoms in total. The molecule has 0 fully saturated rings. The van der Waals surface area contributed by atoms with Crippen LogP contribution in [0.3, 0.4) is 0 Å². The molecule has 3 rings (SSSR count). The number of sulfonamides is 1. The second-order valence-corrected chi connectivity index (χ2v) is 7.12. The van der Waals surface area contributed by atoms with Gasteiger partial charge in [-0.25, -0.2) is 8.42 Å². The van der Waals surface area contributed by atoms with Crippen molar-refractivity contribution in [2.75, 3.05) is 6.54 Å². The van der Waals surface area contributed by atoms with Gasteiger partial charge in [0.15, 0.2) is 0 Å². The summed E-state index contributed by atoms with van der Waals surface area (Å²) in [6.45, 7) is 5.11. The highest BCUT2D eigenvalue weighted by Gasteiger charge is 2.33. The first-order chi connectivity index (χ1) is 9.50. The Hall–Kier alpha value is -1.59. The van der Waals surface area contributed by atoms with Gasteiger partial charge in [0.05, 0.1) is 10.9 Å². The average molecular weight is 290 g/mol. The molecule has 0 spiro atoms. The summed E-state index contributed by atoms with van der Waals surface area (Å²) in [5.74, 6) is 0. The molecular weight excluding hydrogens is 272 g/mol. The molecule has 0 amide bonds. The number of rotatable bonds is 2. The van der Waals surface area contributed by atoms with E-state index in [1.165, 1.54) is 0 Å². The third-order valence-electron chi connectivity index (χ3n) is 3.91. The average Bonchev–Trinajstić information content (AvgIpc) is 2.88. The summed E-state index contributed by atoms with van der Waals surface area (Å²) in [6.07, 6.45) is 2.00. The van der Waals surface area contributed by atoms with Crippen LogP contribution in [0.5, 0.6) is 0 Å². The van der Waals surface area contributed by atoms with Crippen molar-refractivity contribution >= 4 is 10.0 Å². The van der Waals surface area contributed by atoms with E-state index >= 15 is 0 Å². The molecule has 1 aliphatic rings. The van der Waals surface area contributed by atoms with Crippen molar-refractivity contribution < 1.29 is 8.42 Å². The molecule has 1 aromatic heterocycles. The van der Waals surface area contributed by atoms with Gasteiger partial charge in [-0.2, -0.15) is 4.31 Å². The Labute approximate surface area is 119 Å². The van der Waals surface area contributed by atoms with Crippen LogP contribution in [0, 0.1) is 6.92 Å². The topological polar surface area (TPSA) is 42.3 Å². The van der Waals surface area contributed by atoms with E-state index in [2.05, 4.69) is 4.57 Å². The van der Waals surface area contributed by atoms with Gasteiger partial charge in [0.25, 0.3) is 0 Å². The Balaban J connectivity index is 1.99. The summed E-state index contributed by atoms with van der Waals surface area (Å²) in [5.41, 5.74) is 2.11. The van der Waals surface area contributed by atoms with Gasteiger partial charge < -0.3 is 4.57 Å². The monoisotopic (exact) mass is 290 g/mol. The maximum absolute atomic E-state index is 12.8. The van der Waals surface area contributed by atoms with E-state index in [1.807, 2.05) is 44.3 Å². The molecule has 0 saturated heterocycles. The molecule has 1 unspecified atom stereocenters. The Morgan fingerprint density at radius 3 is 2.50 bits per heavy atom. The number of aryl methyl sites for hydroxylation is 1. The van der Waals surface area contributed by atoms with Crippen LogP contribution < -0.4 is 0 Å². The first-order valence-electron chi connectivity index (χ1n) is 6.74. The highest BCUT2D eigenvalue weighted by molar-refractivity contribution is 7.89. The van der Waals surface area contributed by atoms with E-state index in [4.69, 9.17) is 0 Å². The second-order valence-electron chi connectivity index (χ2n) is 5.23. The van der Waals surface area contributed by atoms with Crippen molar-refractivity contribution in [1.29, 1.82) is 0 Å². The van der Waals surface area contributed by atoms with Gasteiger partial charge in [-0.15, -0.1) is 0 Å². The minimum absolute atomic E-state index is 0.134. The fourth-order valence-electron chi connectivity index (χ4n) is 2.73. The lowest BCUT2D eigenvalue weighted by Gasteiger charge is -2.33. The van der Waals surface area contributed by atoms with Crippen LogP contribution in [0.15, 0.2) is 47.5 Å². The third-order valence-corrected chi connectivity index (χ3v) is 5.90. The van der Waals surface area contributed by atoms with E-state index in [0.717, 1.165) is 11.3 Å². The fraction of sp³-hybridized carbons (Fsp3) is 0.333. The predicted octanol–water partition coefficient (Wildman–Crippen LogP) is 2.56. The van der Waals surface area contributed by atoms with E-state index < -0.39 is 10.0 Å². The van der Waals surface area contributed by atoms with Crippen LogP contribution in [0.4, 0.5) is 0 Å². The first kappa shape index (κ1) is 13.4. The molecule has 1 atom stereocenters. The number of benzene rings is 1. The number of hydrogen-bond acceptors (Lipinski definition) is 2. The molecule has 1 aliphatic heterocycles. The van der Waals surface area contributed by atoms with Crippen molar-refractivity contribution in [3.63, 3.8) is 0 Å². The Morgan fingerprint density at radius 2 is 1.80 bits per heavy atom. The van der Waals surface area contributed by atoms with Crippen molar-refractivity contribution in [3.8, 4) is 0 Å². The number of aromatic nitrogens is 1. The molecule has 2 heterocycles. The van der Waals surface area contributed by atoms with Crippen LogP contribution in [0.25, 0.3) is 0 Å². The van der Waals surface area contributed by atoms with Crippen LogP contribution >= 0.6 is 0 Å². The molecule has 20 heavy (non-hydrogen) atoms. The van der Waals surface area contributed by atoms with Gasteiger partial charge in [0, 0.05) is 25.0 Å². The molecular formula is C15H18N2O2S. The quantitative estimate of drug-likeness (QED) is 0.853. The van der Waals surface area contributed by atoms with Crippen LogP contribution in [-0.2, 0) is 16.6 Å². The first-order valence-corrected chi connectivity index (χ1v) is 8.18. The SMILES string of the molecule is Cc1ccc(S(=O)(=O)N2CCn3cccc3C2C)cc1. The molecule has 0 bridgehead atoms. The van der Waals surface area contributed by atoms with Crippen molar-refractivity contribution in [3.05, 3.63) is 53.9 Å². The van der Waals surface area contributed by atoms with E-state index in [0.29, 0.717) is 18.0 Å². The van der Waals surface area contributed by atoms with Gasteiger partial charge >= 0.3 is 0 Å². The van der Waals surface area contributed by atoms with Gasteiger partial charge in [0.1, 0.15) is 0 Å².